The lowest BCUT2D eigenvalue weighted by atomic mass is 10.2. The molecule has 32 heavy (non-hydrogen) atoms. The third kappa shape index (κ3) is 5.64. The Labute approximate surface area is 196 Å². The number of benzene rings is 3. The molecule has 0 aliphatic rings. The quantitative estimate of drug-likeness (QED) is 0.433. The van der Waals surface area contributed by atoms with E-state index < -0.39 is 15.9 Å². The third-order valence-corrected chi connectivity index (χ3v) is 6.17. The van der Waals surface area contributed by atoms with Crippen molar-refractivity contribution in [2.75, 3.05) is 23.8 Å². The number of rotatable bonds is 8. The van der Waals surface area contributed by atoms with Crippen LogP contribution in [-0.4, -0.2) is 28.0 Å². The highest BCUT2D eigenvalue weighted by Gasteiger charge is 2.20. The predicted molar refractivity (Wildman–Crippen MR) is 126 cm³/mol. The van der Waals surface area contributed by atoms with E-state index in [1.165, 1.54) is 31.4 Å². The number of hydrogen-bond acceptors (Lipinski definition) is 5. The Kier molecular flexibility index (Phi) is 7.50. The van der Waals surface area contributed by atoms with Gasteiger partial charge in [0.05, 0.1) is 30.0 Å². The largest absolute Gasteiger partial charge is 0.495 e. The van der Waals surface area contributed by atoms with E-state index in [1.807, 2.05) is 0 Å². The van der Waals surface area contributed by atoms with E-state index in [9.17, 15) is 13.2 Å². The number of amides is 1. The van der Waals surface area contributed by atoms with Crippen molar-refractivity contribution in [2.45, 2.75) is 11.8 Å². The van der Waals surface area contributed by atoms with E-state index in [-0.39, 0.29) is 16.3 Å². The summed E-state index contributed by atoms with van der Waals surface area (Å²) in [5.74, 6) is 0.191. The molecule has 168 valence electrons. The van der Waals surface area contributed by atoms with Gasteiger partial charge in [0.15, 0.2) is 0 Å². The molecule has 3 aromatic carbocycles. The normalized spacial score (nSPS) is 11.0. The first-order valence-electron chi connectivity index (χ1n) is 9.43. The van der Waals surface area contributed by atoms with E-state index in [2.05, 4.69) is 10.0 Å². The van der Waals surface area contributed by atoms with E-state index in [1.54, 1.807) is 43.3 Å². The molecule has 0 saturated carbocycles. The van der Waals surface area contributed by atoms with Gasteiger partial charge in [-0.15, -0.1) is 0 Å². The Morgan fingerprint density at radius 1 is 0.906 bits per heavy atom. The summed E-state index contributed by atoms with van der Waals surface area (Å²) in [5, 5.41) is 3.53. The molecule has 0 bridgehead atoms. The van der Waals surface area contributed by atoms with Gasteiger partial charge in [0.1, 0.15) is 11.5 Å². The van der Waals surface area contributed by atoms with Crippen molar-refractivity contribution in [3.63, 3.8) is 0 Å². The summed E-state index contributed by atoms with van der Waals surface area (Å²) in [6.45, 7) is 2.11. The molecule has 0 aliphatic carbocycles. The van der Waals surface area contributed by atoms with Gasteiger partial charge in [-0.3, -0.25) is 9.52 Å². The summed E-state index contributed by atoms with van der Waals surface area (Å²) in [6.07, 6.45) is 0. The molecule has 1 amide bonds. The van der Waals surface area contributed by atoms with Gasteiger partial charge in [-0.2, -0.15) is 0 Å². The summed E-state index contributed by atoms with van der Waals surface area (Å²) in [4.78, 5) is 12.6. The Morgan fingerprint density at radius 3 is 2.22 bits per heavy atom. The van der Waals surface area contributed by atoms with Crippen molar-refractivity contribution in [2.24, 2.45) is 0 Å². The zero-order valence-electron chi connectivity index (χ0n) is 17.2. The maximum Gasteiger partial charge on any atom is 0.262 e. The van der Waals surface area contributed by atoms with Gasteiger partial charge in [0.2, 0.25) is 0 Å². The minimum Gasteiger partial charge on any atom is -0.495 e. The summed E-state index contributed by atoms with van der Waals surface area (Å²) >= 11 is 11.9. The van der Waals surface area contributed by atoms with E-state index >= 15 is 0 Å². The number of carbonyl (C=O) groups is 1. The molecule has 0 saturated heterocycles. The van der Waals surface area contributed by atoms with Crippen LogP contribution in [-0.2, 0) is 10.0 Å². The number of nitrogens with one attached hydrogen (secondary N) is 2. The standard InChI is InChI=1S/C22H20Cl2N2O5S/c1-3-31-21-11-9-17(13-18(21)25-22(27)14-4-6-15(23)7-5-14)32(28,29)26-19-12-16(24)8-10-20(19)30-2/h4-13,26H,3H2,1-2H3,(H,25,27). The van der Waals surface area contributed by atoms with Gasteiger partial charge in [0, 0.05) is 15.6 Å². The number of hydrogen-bond donors (Lipinski definition) is 2. The molecule has 0 radical (unpaired) electrons. The van der Waals surface area contributed by atoms with Crippen LogP contribution in [0.5, 0.6) is 11.5 Å². The third-order valence-electron chi connectivity index (χ3n) is 4.32. The Hall–Kier alpha value is -2.94. The lowest BCUT2D eigenvalue weighted by molar-refractivity contribution is 0.102. The molecule has 0 heterocycles. The maximum absolute atomic E-state index is 13.0. The number of methoxy groups -OCH3 is 1. The van der Waals surface area contributed by atoms with Crippen LogP contribution in [0.1, 0.15) is 17.3 Å². The second-order valence-electron chi connectivity index (χ2n) is 6.50. The van der Waals surface area contributed by atoms with Crippen LogP contribution in [0.4, 0.5) is 11.4 Å². The number of ether oxygens (including phenoxy) is 2. The second-order valence-corrected chi connectivity index (χ2v) is 9.06. The highest BCUT2D eigenvalue weighted by atomic mass is 35.5. The fourth-order valence-electron chi connectivity index (χ4n) is 2.81. The van der Waals surface area contributed by atoms with Crippen molar-refractivity contribution in [3.8, 4) is 11.5 Å². The van der Waals surface area contributed by atoms with Gasteiger partial charge in [-0.25, -0.2) is 8.42 Å². The fourth-order valence-corrected chi connectivity index (χ4v) is 4.20. The van der Waals surface area contributed by atoms with Crippen LogP contribution in [0.3, 0.4) is 0 Å². The van der Waals surface area contributed by atoms with Crippen LogP contribution >= 0.6 is 23.2 Å². The van der Waals surface area contributed by atoms with Crippen LogP contribution < -0.4 is 19.5 Å². The van der Waals surface area contributed by atoms with Gasteiger partial charge in [-0.05, 0) is 67.6 Å². The summed E-state index contributed by atoms with van der Waals surface area (Å²) in [5.41, 5.74) is 0.736. The number of anilines is 2. The van der Waals surface area contributed by atoms with Crippen LogP contribution in [0.25, 0.3) is 0 Å². The first-order chi connectivity index (χ1) is 15.2. The molecule has 0 spiro atoms. The van der Waals surface area contributed by atoms with E-state index in [4.69, 9.17) is 32.7 Å². The lowest BCUT2D eigenvalue weighted by Crippen LogP contribution is -2.16. The molecule has 3 aromatic rings. The Balaban J connectivity index is 1.94. The molecule has 0 aliphatic heterocycles. The number of sulfonamides is 1. The molecular formula is C22H20Cl2N2O5S. The minimum atomic E-state index is -4.04. The molecule has 3 rings (SSSR count). The van der Waals surface area contributed by atoms with E-state index in [0.717, 1.165) is 0 Å². The van der Waals surface area contributed by atoms with Crippen molar-refractivity contribution in [1.29, 1.82) is 0 Å². The van der Waals surface area contributed by atoms with Crippen molar-refractivity contribution < 1.29 is 22.7 Å². The molecule has 0 unspecified atom stereocenters. The molecule has 10 heteroatoms. The van der Waals surface area contributed by atoms with Gasteiger partial charge >= 0.3 is 0 Å². The van der Waals surface area contributed by atoms with E-state index in [0.29, 0.717) is 33.7 Å². The van der Waals surface area contributed by atoms with Crippen LogP contribution in [0.2, 0.25) is 10.0 Å². The maximum atomic E-state index is 13.0. The summed E-state index contributed by atoms with van der Waals surface area (Å²) in [7, 11) is -2.62. The smallest absolute Gasteiger partial charge is 0.262 e. The summed E-state index contributed by atoms with van der Waals surface area (Å²) < 4.78 is 39.2. The predicted octanol–water partition coefficient (Wildman–Crippen LogP) is 5.45. The SMILES string of the molecule is CCOc1ccc(S(=O)(=O)Nc2cc(Cl)ccc2OC)cc1NC(=O)c1ccc(Cl)cc1. The molecule has 0 aromatic heterocycles. The average molecular weight is 495 g/mol. The van der Waals surface area contributed by atoms with Gasteiger partial charge in [0.25, 0.3) is 15.9 Å². The van der Waals surface area contributed by atoms with Crippen molar-refractivity contribution in [3.05, 3.63) is 76.3 Å². The molecule has 2 N–H and O–H groups in total. The fraction of sp³-hybridized carbons (Fsp3) is 0.136. The highest BCUT2D eigenvalue weighted by molar-refractivity contribution is 7.92. The van der Waals surface area contributed by atoms with Crippen LogP contribution in [0, 0.1) is 0 Å². The second kappa shape index (κ2) is 10.1. The molecular weight excluding hydrogens is 475 g/mol. The molecule has 0 atom stereocenters. The monoisotopic (exact) mass is 494 g/mol. The Bertz CT molecular complexity index is 1230. The first-order valence-corrected chi connectivity index (χ1v) is 11.7. The zero-order valence-corrected chi connectivity index (χ0v) is 19.5. The lowest BCUT2D eigenvalue weighted by Gasteiger charge is -2.15. The number of halogens is 2. The zero-order chi connectivity index (χ0) is 23.3. The molecule has 0 fully saturated rings. The van der Waals surface area contributed by atoms with Crippen molar-refractivity contribution in [1.82, 2.24) is 0 Å². The minimum absolute atomic E-state index is 0.0885. The highest BCUT2D eigenvalue weighted by Crippen LogP contribution is 2.32. The number of carbonyl (C=O) groups excluding carboxylic acids is 1. The van der Waals surface area contributed by atoms with Gasteiger partial charge in [-0.1, -0.05) is 23.2 Å². The van der Waals surface area contributed by atoms with Crippen LogP contribution in [0.15, 0.2) is 65.6 Å². The first kappa shape index (κ1) is 23.7. The van der Waals surface area contributed by atoms with Crippen molar-refractivity contribution >= 4 is 50.5 Å². The Morgan fingerprint density at radius 2 is 1.56 bits per heavy atom. The average Bonchev–Trinajstić information content (AvgIpc) is 2.75. The molecule has 7 nitrogen and oxygen atoms in total. The topological polar surface area (TPSA) is 93.7 Å². The van der Waals surface area contributed by atoms with Gasteiger partial charge < -0.3 is 14.8 Å². The summed E-state index contributed by atoms with van der Waals surface area (Å²) in [6, 6.07) is 15.0.